The monoisotopic (exact) mass is 419 g/mol. The average molecular weight is 420 g/mol. The Bertz CT molecular complexity index is 988. The van der Waals surface area contributed by atoms with E-state index in [2.05, 4.69) is 22.3 Å². The first-order chi connectivity index (χ1) is 15.0. The second-order valence-electron chi connectivity index (χ2n) is 8.27. The first kappa shape index (κ1) is 21.0. The predicted octanol–water partition coefficient (Wildman–Crippen LogP) is 4.29. The van der Waals surface area contributed by atoms with Crippen LogP contribution in [-0.4, -0.2) is 43.0 Å². The smallest absolute Gasteiger partial charge is 0.278 e. The van der Waals surface area contributed by atoms with Crippen LogP contribution in [0, 0.1) is 0 Å². The summed E-state index contributed by atoms with van der Waals surface area (Å²) in [4.78, 5) is 30.0. The summed E-state index contributed by atoms with van der Waals surface area (Å²) < 4.78 is 5.22. The number of hydrogen-bond donors (Lipinski definition) is 1. The standard InChI is InChI=1S/C25H29N3O3/c1-17(2)28-24(29)22(18-7-13-21(31-3)14-8-18)23(25(28)30)26-19-9-11-20(12-10-19)27-15-5-4-6-16-27/h7-14,17,26H,4-6,15-16H2,1-3H3. The molecule has 1 fully saturated rings. The molecule has 0 bridgehead atoms. The van der Waals surface area contributed by atoms with Gasteiger partial charge in [-0.25, -0.2) is 0 Å². The number of carbonyl (C=O) groups excluding carboxylic acids is 2. The van der Waals surface area contributed by atoms with Crippen LogP contribution in [0.2, 0.25) is 0 Å². The zero-order chi connectivity index (χ0) is 22.0. The maximum absolute atomic E-state index is 13.1. The third kappa shape index (κ3) is 4.15. The quantitative estimate of drug-likeness (QED) is 0.708. The van der Waals surface area contributed by atoms with E-state index in [4.69, 9.17) is 4.74 Å². The molecule has 0 unspecified atom stereocenters. The molecule has 2 aromatic rings. The number of piperidine rings is 1. The van der Waals surface area contributed by atoms with Crippen molar-refractivity contribution in [2.45, 2.75) is 39.2 Å². The lowest BCUT2D eigenvalue weighted by molar-refractivity contribution is -0.138. The summed E-state index contributed by atoms with van der Waals surface area (Å²) in [6.07, 6.45) is 3.74. The molecule has 2 aliphatic rings. The van der Waals surface area contributed by atoms with Gasteiger partial charge in [0.1, 0.15) is 11.4 Å². The van der Waals surface area contributed by atoms with Gasteiger partial charge in [0.2, 0.25) is 0 Å². The third-order valence-electron chi connectivity index (χ3n) is 5.87. The van der Waals surface area contributed by atoms with Crippen LogP contribution < -0.4 is 15.0 Å². The molecule has 0 spiro atoms. The van der Waals surface area contributed by atoms with E-state index in [0.717, 1.165) is 18.8 Å². The van der Waals surface area contributed by atoms with Crippen molar-refractivity contribution in [2.75, 3.05) is 30.4 Å². The van der Waals surface area contributed by atoms with Gasteiger partial charge in [-0.2, -0.15) is 0 Å². The van der Waals surface area contributed by atoms with Crippen LogP contribution in [0.4, 0.5) is 11.4 Å². The molecule has 1 N–H and O–H groups in total. The summed E-state index contributed by atoms with van der Waals surface area (Å²) in [6, 6.07) is 15.1. The van der Waals surface area contributed by atoms with Crippen LogP contribution in [0.25, 0.3) is 5.57 Å². The summed E-state index contributed by atoms with van der Waals surface area (Å²) in [7, 11) is 1.60. The summed E-state index contributed by atoms with van der Waals surface area (Å²) in [5.74, 6) is 0.119. The van der Waals surface area contributed by atoms with E-state index >= 15 is 0 Å². The van der Waals surface area contributed by atoms with Gasteiger partial charge in [-0.3, -0.25) is 14.5 Å². The number of ether oxygens (including phenoxy) is 1. The Labute approximate surface area is 183 Å². The topological polar surface area (TPSA) is 61.9 Å². The highest BCUT2D eigenvalue weighted by atomic mass is 16.5. The fourth-order valence-electron chi connectivity index (χ4n) is 4.21. The van der Waals surface area contributed by atoms with Crippen LogP contribution >= 0.6 is 0 Å². The van der Waals surface area contributed by atoms with Crippen LogP contribution in [0.1, 0.15) is 38.7 Å². The van der Waals surface area contributed by atoms with Gasteiger partial charge in [-0.1, -0.05) is 12.1 Å². The summed E-state index contributed by atoms with van der Waals surface area (Å²) in [5.41, 5.74) is 3.37. The number of hydrogen-bond acceptors (Lipinski definition) is 5. The Balaban J connectivity index is 1.65. The Morgan fingerprint density at radius 1 is 0.871 bits per heavy atom. The maximum atomic E-state index is 13.1. The minimum atomic E-state index is -0.300. The number of rotatable bonds is 6. The van der Waals surface area contributed by atoms with Crippen molar-refractivity contribution in [1.82, 2.24) is 4.90 Å². The first-order valence-electron chi connectivity index (χ1n) is 10.9. The molecule has 2 heterocycles. The van der Waals surface area contributed by atoms with E-state index in [1.807, 2.05) is 38.1 Å². The molecule has 6 heteroatoms. The molecule has 4 rings (SSSR count). The van der Waals surface area contributed by atoms with Crippen LogP contribution in [0.3, 0.4) is 0 Å². The van der Waals surface area contributed by atoms with Crippen LogP contribution in [0.5, 0.6) is 5.75 Å². The molecule has 0 aliphatic carbocycles. The number of anilines is 2. The van der Waals surface area contributed by atoms with E-state index in [-0.39, 0.29) is 17.9 Å². The van der Waals surface area contributed by atoms with Crippen molar-refractivity contribution in [3.05, 3.63) is 59.8 Å². The van der Waals surface area contributed by atoms with E-state index in [0.29, 0.717) is 22.6 Å². The van der Waals surface area contributed by atoms with E-state index < -0.39 is 0 Å². The van der Waals surface area contributed by atoms with E-state index in [9.17, 15) is 9.59 Å². The van der Waals surface area contributed by atoms with Crippen molar-refractivity contribution in [3.63, 3.8) is 0 Å². The number of amides is 2. The number of imide groups is 1. The summed E-state index contributed by atoms with van der Waals surface area (Å²) in [6.45, 7) is 5.85. The molecule has 0 atom stereocenters. The lowest BCUT2D eigenvalue weighted by Gasteiger charge is -2.28. The zero-order valence-corrected chi connectivity index (χ0v) is 18.4. The largest absolute Gasteiger partial charge is 0.497 e. The minimum absolute atomic E-state index is 0.228. The van der Waals surface area contributed by atoms with Crippen LogP contribution in [0.15, 0.2) is 54.2 Å². The normalized spacial score (nSPS) is 17.0. The fourth-order valence-corrected chi connectivity index (χ4v) is 4.21. The Hall–Kier alpha value is -3.28. The van der Waals surface area contributed by atoms with E-state index in [1.54, 1.807) is 19.2 Å². The van der Waals surface area contributed by atoms with Crippen molar-refractivity contribution in [3.8, 4) is 5.75 Å². The molecule has 31 heavy (non-hydrogen) atoms. The molecule has 0 saturated carbocycles. The molecule has 2 amide bonds. The Kier molecular flexibility index (Phi) is 5.98. The van der Waals surface area contributed by atoms with Gasteiger partial charge in [-0.05, 0) is 75.1 Å². The van der Waals surface area contributed by atoms with Crippen molar-refractivity contribution in [2.24, 2.45) is 0 Å². The second-order valence-corrected chi connectivity index (χ2v) is 8.27. The van der Waals surface area contributed by atoms with E-state index in [1.165, 1.54) is 29.8 Å². The van der Waals surface area contributed by atoms with Gasteiger partial charge >= 0.3 is 0 Å². The minimum Gasteiger partial charge on any atom is -0.497 e. The average Bonchev–Trinajstić information content (AvgIpc) is 3.04. The number of benzene rings is 2. The highest BCUT2D eigenvalue weighted by molar-refractivity contribution is 6.36. The zero-order valence-electron chi connectivity index (χ0n) is 18.4. The fraction of sp³-hybridized carbons (Fsp3) is 0.360. The second kappa shape index (κ2) is 8.84. The van der Waals surface area contributed by atoms with Crippen molar-refractivity contribution >= 4 is 28.8 Å². The molecule has 6 nitrogen and oxygen atoms in total. The molecule has 1 saturated heterocycles. The lowest BCUT2D eigenvalue weighted by atomic mass is 10.0. The number of nitrogens with one attached hydrogen (secondary N) is 1. The van der Waals surface area contributed by atoms with Gasteiger partial charge in [0.05, 0.1) is 12.7 Å². The van der Waals surface area contributed by atoms with Gasteiger partial charge < -0.3 is 15.0 Å². The molecule has 2 aromatic carbocycles. The lowest BCUT2D eigenvalue weighted by Crippen LogP contribution is -2.38. The Morgan fingerprint density at radius 2 is 1.52 bits per heavy atom. The van der Waals surface area contributed by atoms with Crippen LogP contribution in [-0.2, 0) is 9.59 Å². The maximum Gasteiger partial charge on any atom is 0.278 e. The van der Waals surface area contributed by atoms with Crippen molar-refractivity contribution < 1.29 is 14.3 Å². The highest BCUT2D eigenvalue weighted by Gasteiger charge is 2.40. The highest BCUT2D eigenvalue weighted by Crippen LogP contribution is 2.33. The summed E-state index contributed by atoms with van der Waals surface area (Å²) in [5, 5.41) is 3.23. The van der Waals surface area contributed by atoms with Gasteiger partial charge in [0.25, 0.3) is 11.8 Å². The van der Waals surface area contributed by atoms with Gasteiger partial charge in [0.15, 0.2) is 0 Å². The molecular formula is C25H29N3O3. The Morgan fingerprint density at radius 3 is 2.10 bits per heavy atom. The number of carbonyl (C=O) groups is 2. The SMILES string of the molecule is COc1ccc(C2=C(Nc3ccc(N4CCCCC4)cc3)C(=O)N(C(C)C)C2=O)cc1. The predicted molar refractivity (Wildman–Crippen MR) is 123 cm³/mol. The molecule has 2 aliphatic heterocycles. The van der Waals surface area contributed by atoms with Gasteiger partial charge in [-0.15, -0.1) is 0 Å². The van der Waals surface area contributed by atoms with Crippen molar-refractivity contribution in [1.29, 1.82) is 0 Å². The molecule has 162 valence electrons. The molecule has 0 radical (unpaired) electrons. The van der Waals surface area contributed by atoms with Gasteiger partial charge in [0, 0.05) is 30.5 Å². The molecular weight excluding hydrogens is 390 g/mol. The third-order valence-corrected chi connectivity index (χ3v) is 5.87. The summed E-state index contributed by atoms with van der Waals surface area (Å²) >= 11 is 0. The number of nitrogens with zero attached hydrogens (tertiary/aromatic N) is 2. The first-order valence-corrected chi connectivity index (χ1v) is 10.9. The molecule has 0 aromatic heterocycles. The number of methoxy groups -OCH3 is 1.